The Labute approximate surface area is 74.6 Å². The van der Waals surface area contributed by atoms with Crippen LogP contribution < -0.4 is 5.73 Å². The van der Waals surface area contributed by atoms with Crippen molar-refractivity contribution < 1.29 is 0 Å². The number of rotatable bonds is 4. The standard InChI is InChI=1S/C10H18N2/c1-3-5-10(8-9(2)11)6-4-7-12-10/h4,6-7,9H,3,5,8,11H2,1-2H3. The molecule has 2 atom stereocenters. The summed E-state index contributed by atoms with van der Waals surface area (Å²) in [6.07, 6.45) is 9.33. The van der Waals surface area contributed by atoms with E-state index in [9.17, 15) is 0 Å². The number of aliphatic imine (C=N–C) groups is 1. The van der Waals surface area contributed by atoms with E-state index in [0.717, 1.165) is 19.3 Å². The minimum absolute atomic E-state index is 0.0307. The fraction of sp³-hybridized carbons (Fsp3) is 0.700. The van der Waals surface area contributed by atoms with Crippen LogP contribution in [0.15, 0.2) is 17.1 Å². The first-order valence-corrected chi connectivity index (χ1v) is 4.67. The second kappa shape index (κ2) is 3.85. The van der Waals surface area contributed by atoms with Gasteiger partial charge < -0.3 is 5.73 Å². The fourth-order valence-electron chi connectivity index (χ4n) is 1.82. The van der Waals surface area contributed by atoms with Crippen molar-refractivity contribution in [2.45, 2.75) is 44.7 Å². The molecular weight excluding hydrogens is 148 g/mol. The smallest absolute Gasteiger partial charge is 0.0805 e. The summed E-state index contributed by atoms with van der Waals surface area (Å²) in [5.41, 5.74) is 5.81. The highest BCUT2D eigenvalue weighted by molar-refractivity contribution is 5.75. The average Bonchev–Trinajstić information content (AvgIpc) is 2.36. The van der Waals surface area contributed by atoms with Gasteiger partial charge in [-0.05, 0) is 25.8 Å². The molecule has 0 aromatic rings. The molecule has 2 nitrogen and oxygen atoms in total. The van der Waals surface area contributed by atoms with Crippen molar-refractivity contribution >= 4 is 6.21 Å². The van der Waals surface area contributed by atoms with E-state index < -0.39 is 0 Å². The van der Waals surface area contributed by atoms with Crippen LogP contribution in [0.2, 0.25) is 0 Å². The van der Waals surface area contributed by atoms with Gasteiger partial charge in [0, 0.05) is 12.3 Å². The molecule has 1 aliphatic heterocycles. The Morgan fingerprint density at radius 3 is 2.75 bits per heavy atom. The molecule has 1 aliphatic rings. The van der Waals surface area contributed by atoms with Crippen LogP contribution in [0.1, 0.15) is 33.1 Å². The van der Waals surface area contributed by atoms with Crippen molar-refractivity contribution in [3.8, 4) is 0 Å². The van der Waals surface area contributed by atoms with Crippen LogP contribution >= 0.6 is 0 Å². The lowest BCUT2D eigenvalue weighted by atomic mass is 9.88. The van der Waals surface area contributed by atoms with Gasteiger partial charge in [-0.3, -0.25) is 4.99 Å². The highest BCUT2D eigenvalue weighted by atomic mass is 14.9. The third kappa shape index (κ3) is 2.18. The predicted octanol–water partition coefficient (Wildman–Crippen LogP) is 1.90. The van der Waals surface area contributed by atoms with Crippen LogP contribution in [0.4, 0.5) is 0 Å². The van der Waals surface area contributed by atoms with Crippen molar-refractivity contribution in [1.29, 1.82) is 0 Å². The Balaban J connectivity index is 2.60. The maximum absolute atomic E-state index is 5.78. The Kier molecular flexibility index (Phi) is 3.04. The molecule has 0 amide bonds. The molecule has 2 heteroatoms. The highest BCUT2D eigenvalue weighted by Gasteiger charge is 2.27. The molecule has 0 saturated heterocycles. The molecule has 0 bridgehead atoms. The van der Waals surface area contributed by atoms with Crippen LogP contribution in [0.25, 0.3) is 0 Å². The Hall–Kier alpha value is -0.630. The van der Waals surface area contributed by atoms with E-state index >= 15 is 0 Å². The van der Waals surface area contributed by atoms with Gasteiger partial charge in [-0.2, -0.15) is 0 Å². The lowest BCUT2D eigenvalue weighted by Gasteiger charge is -2.25. The van der Waals surface area contributed by atoms with Crippen LogP contribution in [0, 0.1) is 0 Å². The summed E-state index contributed by atoms with van der Waals surface area (Å²) in [6.45, 7) is 4.23. The number of nitrogens with two attached hydrogens (primary N) is 1. The van der Waals surface area contributed by atoms with Gasteiger partial charge in [-0.25, -0.2) is 0 Å². The maximum atomic E-state index is 5.78. The molecule has 0 aliphatic carbocycles. The number of hydrogen-bond acceptors (Lipinski definition) is 2. The molecule has 12 heavy (non-hydrogen) atoms. The molecule has 2 unspecified atom stereocenters. The van der Waals surface area contributed by atoms with Crippen LogP contribution in [-0.2, 0) is 0 Å². The fourth-order valence-corrected chi connectivity index (χ4v) is 1.82. The zero-order valence-electron chi connectivity index (χ0n) is 7.96. The van der Waals surface area contributed by atoms with Crippen molar-refractivity contribution in [2.24, 2.45) is 10.7 Å². The molecule has 0 radical (unpaired) electrons. The van der Waals surface area contributed by atoms with Crippen molar-refractivity contribution in [3.05, 3.63) is 12.2 Å². The number of allylic oxidation sites excluding steroid dienone is 1. The molecule has 68 valence electrons. The third-order valence-electron chi connectivity index (χ3n) is 2.18. The summed E-state index contributed by atoms with van der Waals surface area (Å²) in [4.78, 5) is 4.48. The van der Waals surface area contributed by atoms with Gasteiger partial charge in [0.05, 0.1) is 5.54 Å². The maximum Gasteiger partial charge on any atom is 0.0805 e. The minimum Gasteiger partial charge on any atom is -0.328 e. The predicted molar refractivity (Wildman–Crippen MR) is 53.5 cm³/mol. The molecule has 1 rings (SSSR count). The molecule has 0 saturated carbocycles. The first-order valence-electron chi connectivity index (χ1n) is 4.67. The van der Waals surface area contributed by atoms with Gasteiger partial charge in [0.15, 0.2) is 0 Å². The Morgan fingerprint density at radius 1 is 1.58 bits per heavy atom. The second-order valence-electron chi connectivity index (χ2n) is 3.67. The van der Waals surface area contributed by atoms with Gasteiger partial charge in [0.2, 0.25) is 0 Å². The summed E-state index contributed by atoms with van der Waals surface area (Å²) < 4.78 is 0. The normalized spacial score (nSPS) is 29.6. The van der Waals surface area contributed by atoms with Gasteiger partial charge in [0.25, 0.3) is 0 Å². The van der Waals surface area contributed by atoms with Crippen molar-refractivity contribution in [1.82, 2.24) is 0 Å². The lowest BCUT2D eigenvalue weighted by molar-refractivity contribution is 0.422. The summed E-state index contributed by atoms with van der Waals surface area (Å²) in [6, 6.07) is 0.233. The molecule has 1 heterocycles. The van der Waals surface area contributed by atoms with E-state index in [1.54, 1.807) is 0 Å². The summed E-state index contributed by atoms with van der Waals surface area (Å²) >= 11 is 0. The van der Waals surface area contributed by atoms with Gasteiger partial charge >= 0.3 is 0 Å². The summed E-state index contributed by atoms with van der Waals surface area (Å²) in [5.74, 6) is 0. The lowest BCUT2D eigenvalue weighted by Crippen LogP contribution is -2.31. The SMILES string of the molecule is CCCC1(CC(C)N)C=CC=N1. The van der Waals surface area contributed by atoms with Gasteiger partial charge in [-0.15, -0.1) is 0 Å². The van der Waals surface area contributed by atoms with E-state index in [1.807, 2.05) is 19.2 Å². The summed E-state index contributed by atoms with van der Waals surface area (Å²) in [5, 5.41) is 0. The zero-order chi connectivity index (χ0) is 9.03. The Bertz CT molecular complexity index is 180. The largest absolute Gasteiger partial charge is 0.328 e. The molecule has 0 aromatic heterocycles. The summed E-state index contributed by atoms with van der Waals surface area (Å²) in [7, 11) is 0. The molecule has 2 N–H and O–H groups in total. The minimum atomic E-state index is 0.0307. The number of hydrogen-bond donors (Lipinski definition) is 1. The monoisotopic (exact) mass is 166 g/mol. The van der Waals surface area contributed by atoms with E-state index in [2.05, 4.69) is 18.0 Å². The van der Waals surface area contributed by atoms with E-state index in [4.69, 9.17) is 5.73 Å². The van der Waals surface area contributed by atoms with E-state index in [0.29, 0.717) is 0 Å². The van der Waals surface area contributed by atoms with Crippen molar-refractivity contribution in [3.63, 3.8) is 0 Å². The molecule has 0 spiro atoms. The first kappa shape index (κ1) is 9.46. The van der Waals surface area contributed by atoms with Crippen LogP contribution in [0.3, 0.4) is 0 Å². The van der Waals surface area contributed by atoms with Gasteiger partial charge in [0.1, 0.15) is 0 Å². The molecular formula is C10H18N2. The Morgan fingerprint density at radius 2 is 2.33 bits per heavy atom. The van der Waals surface area contributed by atoms with Gasteiger partial charge in [-0.1, -0.05) is 19.4 Å². The second-order valence-corrected chi connectivity index (χ2v) is 3.67. The van der Waals surface area contributed by atoms with Crippen LogP contribution in [-0.4, -0.2) is 17.8 Å². The zero-order valence-corrected chi connectivity index (χ0v) is 7.96. The third-order valence-corrected chi connectivity index (χ3v) is 2.18. The topological polar surface area (TPSA) is 38.4 Å². The van der Waals surface area contributed by atoms with E-state index in [-0.39, 0.29) is 11.6 Å². The average molecular weight is 166 g/mol. The quantitative estimate of drug-likeness (QED) is 0.680. The molecule has 0 fully saturated rings. The highest BCUT2D eigenvalue weighted by Crippen LogP contribution is 2.27. The van der Waals surface area contributed by atoms with E-state index in [1.165, 1.54) is 0 Å². The van der Waals surface area contributed by atoms with Crippen LogP contribution in [0.5, 0.6) is 0 Å². The number of nitrogens with zero attached hydrogens (tertiary/aromatic N) is 1. The first-order chi connectivity index (χ1) is 5.68. The molecule has 0 aromatic carbocycles. The van der Waals surface area contributed by atoms with Crippen molar-refractivity contribution in [2.75, 3.05) is 0 Å².